The molecule has 1 N–H and O–H groups in total. The number of thiophene rings is 1. The number of para-hydroxylation sites is 3. The zero-order valence-corrected chi connectivity index (χ0v) is 29.1. The standard InChI is InChI=1S/C46H34BN2S/c1-46(2,3)29-23-21-28(22-24-29)33-25-36(44-45-43(33)32-16-7-10-18-39(32)49(45)40-19-11-9-17-37(40)47-44)34-26-35-31-15-8-12-20-41(31)50-42(35)27-38(34)48-30-13-5-4-6-14-30/h4-27,48H,1-3H3. The monoisotopic (exact) mass is 657 g/mol. The molecule has 0 unspecified atom stereocenters. The fourth-order valence-electron chi connectivity index (χ4n) is 7.93. The van der Waals surface area contributed by atoms with Crippen LogP contribution in [0.1, 0.15) is 26.3 Å². The van der Waals surface area contributed by atoms with Crippen LogP contribution >= 0.6 is 11.3 Å². The fourth-order valence-corrected chi connectivity index (χ4v) is 9.06. The van der Waals surface area contributed by atoms with Crippen molar-refractivity contribution < 1.29 is 0 Å². The predicted octanol–water partition coefficient (Wildman–Crippen LogP) is 11.5. The molecule has 0 atom stereocenters. The lowest BCUT2D eigenvalue weighted by Crippen LogP contribution is -2.37. The molecule has 0 saturated carbocycles. The molecule has 0 spiro atoms. The second-order valence-corrected chi connectivity index (χ2v) is 15.6. The van der Waals surface area contributed by atoms with E-state index >= 15 is 0 Å². The van der Waals surface area contributed by atoms with Gasteiger partial charge < -0.3 is 9.88 Å². The molecule has 0 bridgehead atoms. The lowest BCUT2D eigenvalue weighted by molar-refractivity contribution is 0.590. The van der Waals surface area contributed by atoms with Gasteiger partial charge in [-0.1, -0.05) is 123 Å². The summed E-state index contributed by atoms with van der Waals surface area (Å²) in [6, 6.07) is 53.6. The van der Waals surface area contributed by atoms with E-state index in [1.165, 1.54) is 86.4 Å². The Morgan fingerprint density at radius 2 is 1.32 bits per heavy atom. The molecule has 0 amide bonds. The molecule has 1 aliphatic rings. The Hall–Kier alpha value is -5.58. The highest BCUT2D eigenvalue weighted by molar-refractivity contribution is 7.25. The summed E-state index contributed by atoms with van der Waals surface area (Å²) in [5, 5.41) is 9.02. The van der Waals surface area contributed by atoms with Crippen LogP contribution in [0.5, 0.6) is 0 Å². The van der Waals surface area contributed by atoms with Gasteiger partial charge in [0.1, 0.15) is 0 Å². The maximum atomic E-state index is 3.85. The number of hydrogen-bond donors (Lipinski definition) is 1. The molecule has 10 rings (SSSR count). The molecule has 2 aromatic heterocycles. The van der Waals surface area contributed by atoms with Gasteiger partial charge in [0, 0.05) is 59.1 Å². The van der Waals surface area contributed by atoms with Crippen molar-refractivity contribution in [1.82, 2.24) is 4.57 Å². The number of nitrogens with zero attached hydrogens (tertiary/aromatic N) is 1. The van der Waals surface area contributed by atoms with E-state index < -0.39 is 0 Å². The van der Waals surface area contributed by atoms with Crippen molar-refractivity contribution in [3.8, 4) is 27.9 Å². The maximum Gasteiger partial charge on any atom is 0.197 e. The maximum absolute atomic E-state index is 3.85. The molecule has 1 radical (unpaired) electrons. The number of anilines is 2. The van der Waals surface area contributed by atoms with E-state index in [2.05, 4.69) is 184 Å². The van der Waals surface area contributed by atoms with E-state index in [0.29, 0.717) is 0 Å². The number of aromatic nitrogens is 1. The highest BCUT2D eigenvalue weighted by atomic mass is 32.1. The first-order valence-electron chi connectivity index (χ1n) is 17.4. The molecule has 9 aromatic rings. The molecule has 7 aromatic carbocycles. The van der Waals surface area contributed by atoms with Gasteiger partial charge in [-0.3, -0.25) is 0 Å². The van der Waals surface area contributed by atoms with E-state index in [4.69, 9.17) is 0 Å². The molecule has 0 aliphatic carbocycles. The second kappa shape index (κ2) is 11.0. The Morgan fingerprint density at radius 1 is 0.600 bits per heavy atom. The summed E-state index contributed by atoms with van der Waals surface area (Å²) in [5.74, 6) is 0. The smallest absolute Gasteiger partial charge is 0.197 e. The zero-order valence-electron chi connectivity index (χ0n) is 28.3. The van der Waals surface area contributed by atoms with E-state index in [1.807, 2.05) is 11.3 Å². The normalized spacial score (nSPS) is 12.5. The van der Waals surface area contributed by atoms with Crippen molar-refractivity contribution in [1.29, 1.82) is 0 Å². The fraction of sp³-hybridized carbons (Fsp3) is 0.0870. The molecule has 3 heterocycles. The van der Waals surface area contributed by atoms with Crippen LogP contribution in [0.3, 0.4) is 0 Å². The lowest BCUT2D eigenvalue weighted by atomic mass is 9.58. The third-order valence-corrected chi connectivity index (χ3v) is 11.5. The number of nitrogens with one attached hydrogen (secondary N) is 1. The highest BCUT2D eigenvalue weighted by Crippen LogP contribution is 2.45. The van der Waals surface area contributed by atoms with Gasteiger partial charge in [-0.05, 0) is 81.7 Å². The summed E-state index contributed by atoms with van der Waals surface area (Å²) in [7, 11) is 2.42. The lowest BCUT2D eigenvalue weighted by Gasteiger charge is -2.25. The summed E-state index contributed by atoms with van der Waals surface area (Å²) in [6.45, 7) is 6.85. The van der Waals surface area contributed by atoms with Crippen molar-refractivity contribution in [3.63, 3.8) is 0 Å². The number of fused-ring (bicyclic) bond motifs is 8. The third kappa shape index (κ3) is 4.48. The van der Waals surface area contributed by atoms with Crippen molar-refractivity contribution >= 4 is 82.9 Å². The zero-order chi connectivity index (χ0) is 33.6. The average molecular weight is 658 g/mol. The second-order valence-electron chi connectivity index (χ2n) is 14.5. The van der Waals surface area contributed by atoms with Crippen molar-refractivity contribution in [2.45, 2.75) is 26.2 Å². The summed E-state index contributed by atoms with van der Waals surface area (Å²) >= 11 is 1.86. The van der Waals surface area contributed by atoms with Gasteiger partial charge in [0.2, 0.25) is 0 Å². The van der Waals surface area contributed by atoms with Crippen LogP contribution in [-0.2, 0) is 5.41 Å². The Balaban J connectivity index is 1.35. The van der Waals surface area contributed by atoms with Crippen LogP contribution in [0, 0.1) is 0 Å². The van der Waals surface area contributed by atoms with Gasteiger partial charge >= 0.3 is 0 Å². The number of hydrogen-bond acceptors (Lipinski definition) is 2. The van der Waals surface area contributed by atoms with E-state index in [1.54, 1.807) is 0 Å². The molecule has 237 valence electrons. The third-order valence-electron chi connectivity index (χ3n) is 10.4. The molecular weight excluding hydrogens is 623 g/mol. The van der Waals surface area contributed by atoms with E-state index in [-0.39, 0.29) is 5.41 Å². The Bertz CT molecular complexity index is 2780. The summed E-state index contributed by atoms with van der Waals surface area (Å²) in [4.78, 5) is 0. The van der Waals surface area contributed by atoms with Crippen molar-refractivity contribution in [2.24, 2.45) is 0 Å². The first kappa shape index (κ1) is 29.4. The Kier molecular flexibility index (Phi) is 6.44. The van der Waals surface area contributed by atoms with Crippen LogP contribution in [-0.4, -0.2) is 11.8 Å². The van der Waals surface area contributed by atoms with Gasteiger partial charge in [-0.2, -0.15) is 0 Å². The minimum Gasteiger partial charge on any atom is -0.355 e. The molecule has 0 saturated heterocycles. The first-order chi connectivity index (χ1) is 24.4. The molecule has 1 aliphatic heterocycles. The minimum absolute atomic E-state index is 0.0785. The highest BCUT2D eigenvalue weighted by Gasteiger charge is 2.29. The van der Waals surface area contributed by atoms with Crippen LogP contribution < -0.4 is 16.2 Å². The molecule has 4 heteroatoms. The van der Waals surface area contributed by atoms with Crippen LogP contribution in [0.2, 0.25) is 0 Å². The van der Waals surface area contributed by atoms with Crippen molar-refractivity contribution in [3.05, 3.63) is 151 Å². The minimum atomic E-state index is 0.0785. The largest absolute Gasteiger partial charge is 0.355 e. The molecule has 2 nitrogen and oxygen atoms in total. The first-order valence-corrected chi connectivity index (χ1v) is 18.2. The van der Waals surface area contributed by atoms with Gasteiger partial charge in [0.25, 0.3) is 0 Å². The average Bonchev–Trinajstić information content (AvgIpc) is 3.68. The number of rotatable bonds is 4. The van der Waals surface area contributed by atoms with Gasteiger partial charge in [-0.25, -0.2) is 0 Å². The van der Waals surface area contributed by atoms with E-state index in [0.717, 1.165) is 11.4 Å². The van der Waals surface area contributed by atoms with Crippen molar-refractivity contribution in [2.75, 3.05) is 5.32 Å². The van der Waals surface area contributed by atoms with Gasteiger partial charge in [0.05, 0.1) is 5.52 Å². The van der Waals surface area contributed by atoms with Crippen LogP contribution in [0.25, 0.3) is 69.9 Å². The topological polar surface area (TPSA) is 17.0 Å². The molecular formula is C46H34BN2S. The van der Waals surface area contributed by atoms with E-state index in [9.17, 15) is 0 Å². The van der Waals surface area contributed by atoms with Crippen LogP contribution in [0.4, 0.5) is 11.4 Å². The summed E-state index contributed by atoms with van der Waals surface area (Å²) in [6.07, 6.45) is 0. The molecule has 50 heavy (non-hydrogen) atoms. The summed E-state index contributed by atoms with van der Waals surface area (Å²) in [5.41, 5.74) is 14.7. The Labute approximate surface area is 296 Å². The van der Waals surface area contributed by atoms with Gasteiger partial charge in [0.15, 0.2) is 7.28 Å². The molecule has 0 fully saturated rings. The predicted molar refractivity (Wildman–Crippen MR) is 218 cm³/mol. The number of benzene rings is 7. The summed E-state index contributed by atoms with van der Waals surface area (Å²) < 4.78 is 5.10. The quantitative estimate of drug-likeness (QED) is 0.186. The Morgan fingerprint density at radius 3 is 2.14 bits per heavy atom. The van der Waals surface area contributed by atoms with Gasteiger partial charge in [-0.15, -0.1) is 11.3 Å². The van der Waals surface area contributed by atoms with Crippen LogP contribution in [0.15, 0.2) is 146 Å². The SMILES string of the molecule is CC(C)(C)c1ccc(-c2cc(-c3cc4c(cc3Nc3ccccc3)sc3ccccc34)c3c4c2c2ccccc2n4-c2ccccc2[B]3)cc1.